The highest BCUT2D eigenvalue weighted by Crippen LogP contribution is 2.41. The minimum atomic E-state index is -0.724. The molecule has 2 aromatic rings. The van der Waals surface area contributed by atoms with Gasteiger partial charge >= 0.3 is 0 Å². The van der Waals surface area contributed by atoms with Gasteiger partial charge in [-0.05, 0) is 12.1 Å². The highest BCUT2D eigenvalue weighted by atomic mass is 35.5. The minimum Gasteiger partial charge on any atom is -0.260 e. The summed E-state index contributed by atoms with van der Waals surface area (Å²) in [6.45, 7) is 0. The van der Waals surface area contributed by atoms with E-state index in [1.54, 1.807) is 42.6 Å². The molecule has 0 aliphatic carbocycles. The van der Waals surface area contributed by atoms with Crippen molar-refractivity contribution >= 4 is 28.9 Å². The zero-order valence-electron chi connectivity index (χ0n) is 9.74. The number of aromatic nitrogens is 1. The van der Waals surface area contributed by atoms with E-state index < -0.39 is 15.7 Å². The maximum atomic E-state index is 11.0. The third-order valence-corrected chi connectivity index (χ3v) is 3.75. The number of hydrogen-bond acceptors (Lipinski definition) is 3. The zero-order valence-corrected chi connectivity index (χ0v) is 11.3. The van der Waals surface area contributed by atoms with Crippen LogP contribution in [0.15, 0.2) is 48.7 Å². The van der Waals surface area contributed by atoms with E-state index in [-0.39, 0.29) is 5.69 Å². The summed E-state index contributed by atoms with van der Waals surface area (Å²) in [6.07, 6.45) is 1.60. The lowest BCUT2D eigenvalue weighted by atomic mass is 10.0. The largest absolute Gasteiger partial charge is 0.274 e. The van der Waals surface area contributed by atoms with Crippen molar-refractivity contribution in [2.24, 2.45) is 0 Å². The van der Waals surface area contributed by atoms with Gasteiger partial charge in [-0.2, -0.15) is 0 Å². The summed E-state index contributed by atoms with van der Waals surface area (Å²) in [7, 11) is 0. The van der Waals surface area contributed by atoms with Crippen LogP contribution in [0, 0.1) is 10.1 Å². The lowest BCUT2D eigenvalue weighted by Crippen LogP contribution is -2.05. The maximum Gasteiger partial charge on any atom is 0.274 e. The van der Waals surface area contributed by atoms with Gasteiger partial charge in [-0.15, -0.1) is 23.2 Å². The van der Waals surface area contributed by atoms with Crippen LogP contribution in [0.4, 0.5) is 5.69 Å². The van der Waals surface area contributed by atoms with Gasteiger partial charge in [0.1, 0.15) is 0 Å². The molecule has 0 bridgehead atoms. The van der Waals surface area contributed by atoms with Gasteiger partial charge in [-0.3, -0.25) is 15.1 Å². The van der Waals surface area contributed by atoms with Crippen LogP contribution < -0.4 is 0 Å². The lowest BCUT2D eigenvalue weighted by molar-refractivity contribution is -0.385. The summed E-state index contributed by atoms with van der Waals surface area (Å²) in [5.41, 5.74) is 0.936. The van der Waals surface area contributed by atoms with Gasteiger partial charge in [0.15, 0.2) is 0 Å². The van der Waals surface area contributed by atoms with Gasteiger partial charge in [-0.1, -0.05) is 24.3 Å². The SMILES string of the molecule is O=[N+]([O-])c1ccccc1[C@@H](Cl)[C@H](Cl)c1ccccn1. The number of nitro benzene ring substituents is 1. The number of hydrogen-bond donors (Lipinski definition) is 0. The fraction of sp³-hybridized carbons (Fsp3) is 0.154. The van der Waals surface area contributed by atoms with E-state index in [1.807, 2.05) is 0 Å². The number of pyridine rings is 1. The topological polar surface area (TPSA) is 56.0 Å². The first-order chi connectivity index (χ1) is 9.11. The average molecular weight is 297 g/mol. The molecule has 0 saturated heterocycles. The molecule has 0 aliphatic heterocycles. The number of nitrogens with zero attached hydrogens (tertiary/aromatic N) is 2. The minimum absolute atomic E-state index is 0.0379. The van der Waals surface area contributed by atoms with Crippen molar-refractivity contribution in [3.05, 3.63) is 70.0 Å². The van der Waals surface area contributed by atoms with Gasteiger partial charge in [0.25, 0.3) is 5.69 Å². The highest BCUT2D eigenvalue weighted by Gasteiger charge is 2.27. The summed E-state index contributed by atoms with van der Waals surface area (Å²) in [5, 5.41) is 9.61. The molecule has 4 nitrogen and oxygen atoms in total. The third kappa shape index (κ3) is 3.03. The molecule has 2 atom stereocenters. The number of alkyl halides is 2. The summed E-state index contributed by atoms with van der Waals surface area (Å²) >= 11 is 12.5. The smallest absolute Gasteiger partial charge is 0.260 e. The second-order valence-corrected chi connectivity index (χ2v) is 4.81. The van der Waals surface area contributed by atoms with Crippen LogP contribution in [0.3, 0.4) is 0 Å². The van der Waals surface area contributed by atoms with Crippen molar-refractivity contribution in [2.45, 2.75) is 10.8 Å². The molecule has 6 heteroatoms. The van der Waals surface area contributed by atoms with Crippen LogP contribution in [0.5, 0.6) is 0 Å². The van der Waals surface area contributed by atoms with Crippen molar-refractivity contribution in [1.82, 2.24) is 4.98 Å². The fourth-order valence-corrected chi connectivity index (χ4v) is 2.31. The molecule has 98 valence electrons. The Morgan fingerprint density at radius 1 is 1.05 bits per heavy atom. The molecule has 0 spiro atoms. The van der Waals surface area contributed by atoms with Gasteiger partial charge in [0.2, 0.25) is 0 Å². The molecule has 0 radical (unpaired) electrons. The Labute approximate surface area is 120 Å². The predicted molar refractivity (Wildman–Crippen MR) is 74.5 cm³/mol. The molecule has 1 heterocycles. The summed E-state index contributed by atoms with van der Waals surface area (Å²) in [4.78, 5) is 14.6. The maximum absolute atomic E-state index is 11.0. The quantitative estimate of drug-likeness (QED) is 0.481. The highest BCUT2D eigenvalue weighted by molar-refractivity contribution is 6.30. The monoisotopic (exact) mass is 296 g/mol. The zero-order chi connectivity index (χ0) is 13.8. The van der Waals surface area contributed by atoms with Crippen LogP contribution in [-0.4, -0.2) is 9.91 Å². The average Bonchev–Trinajstić information content (AvgIpc) is 2.46. The second kappa shape index (κ2) is 5.99. The Morgan fingerprint density at radius 2 is 1.74 bits per heavy atom. The van der Waals surface area contributed by atoms with Crippen molar-refractivity contribution in [2.75, 3.05) is 0 Å². The van der Waals surface area contributed by atoms with Crippen LogP contribution in [-0.2, 0) is 0 Å². The molecule has 19 heavy (non-hydrogen) atoms. The molecule has 1 aromatic heterocycles. The molecule has 0 aliphatic rings. The Hall–Kier alpha value is -1.65. The van der Waals surface area contributed by atoms with E-state index in [9.17, 15) is 10.1 Å². The number of halogens is 2. The molecular formula is C13H10Cl2N2O2. The van der Waals surface area contributed by atoms with Crippen LogP contribution in [0.1, 0.15) is 22.0 Å². The van der Waals surface area contributed by atoms with Crippen LogP contribution in [0.2, 0.25) is 0 Å². The fourth-order valence-electron chi connectivity index (χ4n) is 1.73. The molecule has 0 N–H and O–H groups in total. The Morgan fingerprint density at radius 3 is 2.37 bits per heavy atom. The molecule has 0 saturated carbocycles. The molecule has 1 aromatic carbocycles. The third-order valence-electron chi connectivity index (χ3n) is 2.66. The van der Waals surface area contributed by atoms with Crippen molar-refractivity contribution in [3.63, 3.8) is 0 Å². The van der Waals surface area contributed by atoms with Gasteiger partial charge in [-0.25, -0.2) is 0 Å². The van der Waals surface area contributed by atoms with Gasteiger partial charge in [0, 0.05) is 17.8 Å². The summed E-state index contributed by atoms with van der Waals surface area (Å²) in [6, 6.07) is 11.6. The van der Waals surface area contributed by atoms with Crippen LogP contribution in [0.25, 0.3) is 0 Å². The molecule has 0 amide bonds. The first-order valence-corrected chi connectivity index (χ1v) is 6.41. The van der Waals surface area contributed by atoms with E-state index in [0.717, 1.165) is 0 Å². The van der Waals surface area contributed by atoms with E-state index in [1.165, 1.54) is 6.07 Å². The second-order valence-electron chi connectivity index (χ2n) is 3.87. The summed E-state index contributed by atoms with van der Waals surface area (Å²) in [5.74, 6) is 0. The van der Waals surface area contributed by atoms with E-state index >= 15 is 0 Å². The molecule has 0 fully saturated rings. The van der Waals surface area contributed by atoms with E-state index in [4.69, 9.17) is 23.2 Å². The first-order valence-electron chi connectivity index (χ1n) is 5.53. The Balaban J connectivity index is 2.34. The lowest BCUT2D eigenvalue weighted by Gasteiger charge is -2.15. The Bertz CT molecular complexity index is 578. The van der Waals surface area contributed by atoms with Gasteiger partial charge in [0.05, 0.1) is 21.4 Å². The molecule has 2 rings (SSSR count). The van der Waals surface area contributed by atoms with E-state index in [0.29, 0.717) is 11.3 Å². The van der Waals surface area contributed by atoms with Gasteiger partial charge < -0.3 is 0 Å². The normalized spacial score (nSPS) is 13.8. The van der Waals surface area contributed by atoms with Crippen molar-refractivity contribution < 1.29 is 4.92 Å². The van der Waals surface area contributed by atoms with Crippen molar-refractivity contribution in [1.29, 1.82) is 0 Å². The number of para-hydroxylation sites is 1. The molecule has 0 unspecified atom stereocenters. The number of rotatable bonds is 4. The first kappa shape index (κ1) is 13.8. The number of benzene rings is 1. The standard InChI is InChI=1S/C13H10Cl2N2O2/c14-12(13(15)10-6-3-4-8-16-10)9-5-1-2-7-11(9)17(18)19/h1-8,12-13H/t12-,13-/m1/s1. The van der Waals surface area contributed by atoms with Crippen LogP contribution >= 0.6 is 23.2 Å². The summed E-state index contributed by atoms with van der Waals surface area (Å²) < 4.78 is 0. The van der Waals surface area contributed by atoms with Crippen molar-refractivity contribution in [3.8, 4) is 0 Å². The Kier molecular flexibility index (Phi) is 4.35. The number of nitro groups is 1. The predicted octanol–water partition coefficient (Wildman–Crippen LogP) is 4.25. The van der Waals surface area contributed by atoms with E-state index in [2.05, 4.69) is 4.98 Å². The molecular weight excluding hydrogens is 287 g/mol.